The summed E-state index contributed by atoms with van der Waals surface area (Å²) in [6, 6.07) is 18.4. The summed E-state index contributed by atoms with van der Waals surface area (Å²) >= 11 is 9.23. The highest BCUT2D eigenvalue weighted by molar-refractivity contribution is 7.80. The molecule has 2 aromatic carbocycles. The molecule has 0 radical (unpaired) electrons. The Labute approximate surface area is 146 Å². The maximum atomic E-state index is 9.29. The number of aliphatic hydroxyl groups excluding tert-OH is 2. The first-order chi connectivity index (χ1) is 10.8. The molecule has 118 valence electrons. The molecule has 0 aromatic heterocycles. The van der Waals surface area contributed by atoms with Crippen LogP contribution >= 0.6 is 24.4 Å². The average molecular weight is 343 g/mol. The highest BCUT2D eigenvalue weighted by Gasteiger charge is 2.23. The van der Waals surface area contributed by atoms with Gasteiger partial charge in [-0.15, -0.1) is 0 Å². The summed E-state index contributed by atoms with van der Waals surface area (Å²) in [5.41, 5.74) is 1.39. The number of hydrogen-bond donors (Lipinski definition) is 2. The van der Waals surface area contributed by atoms with Crippen molar-refractivity contribution in [2.45, 2.75) is 19.3 Å². The SMILES string of the molecule is CC(C)(C#N)c1ccccc1C(O)=S.OC(=S)c1ccccc1. The van der Waals surface area contributed by atoms with E-state index in [-0.39, 0.29) is 10.1 Å². The third kappa shape index (κ3) is 5.44. The van der Waals surface area contributed by atoms with Crippen molar-refractivity contribution in [2.75, 3.05) is 0 Å². The second kappa shape index (κ2) is 8.37. The van der Waals surface area contributed by atoms with Gasteiger partial charge in [-0.2, -0.15) is 5.26 Å². The van der Waals surface area contributed by atoms with Gasteiger partial charge in [-0.05, 0) is 43.8 Å². The van der Waals surface area contributed by atoms with E-state index in [4.69, 9.17) is 22.6 Å². The number of nitrogens with zero attached hydrogens (tertiary/aromatic N) is 1. The Balaban J connectivity index is 0.000000253. The van der Waals surface area contributed by atoms with Crippen LogP contribution in [0.15, 0.2) is 54.6 Å². The fourth-order valence-electron chi connectivity index (χ4n) is 1.86. The van der Waals surface area contributed by atoms with Crippen molar-refractivity contribution in [3.8, 4) is 6.07 Å². The van der Waals surface area contributed by atoms with E-state index in [0.29, 0.717) is 11.1 Å². The first-order valence-electron chi connectivity index (χ1n) is 6.82. The van der Waals surface area contributed by atoms with Crippen LogP contribution in [-0.2, 0) is 5.41 Å². The van der Waals surface area contributed by atoms with Gasteiger partial charge in [0.2, 0.25) is 0 Å². The molecule has 3 nitrogen and oxygen atoms in total. The Kier molecular flexibility index (Phi) is 6.83. The van der Waals surface area contributed by atoms with E-state index < -0.39 is 5.41 Å². The Morgan fingerprint density at radius 3 is 1.87 bits per heavy atom. The molecule has 0 aliphatic carbocycles. The molecule has 0 aliphatic heterocycles. The van der Waals surface area contributed by atoms with Gasteiger partial charge in [-0.25, -0.2) is 0 Å². The van der Waals surface area contributed by atoms with Gasteiger partial charge in [-0.3, -0.25) is 0 Å². The Bertz CT molecular complexity index is 734. The minimum atomic E-state index is -0.636. The minimum absolute atomic E-state index is 0.0457. The van der Waals surface area contributed by atoms with Gasteiger partial charge in [0.1, 0.15) is 0 Å². The molecule has 0 heterocycles. The summed E-state index contributed by atoms with van der Waals surface area (Å²) in [7, 11) is 0. The van der Waals surface area contributed by atoms with Crippen LogP contribution in [0.5, 0.6) is 0 Å². The van der Waals surface area contributed by atoms with Crippen molar-refractivity contribution in [3.63, 3.8) is 0 Å². The van der Waals surface area contributed by atoms with Crippen molar-refractivity contribution in [3.05, 3.63) is 71.3 Å². The third-order valence-corrected chi connectivity index (χ3v) is 3.59. The molecule has 0 amide bonds. The predicted molar refractivity (Wildman–Crippen MR) is 100 cm³/mol. The lowest BCUT2D eigenvalue weighted by atomic mass is 9.83. The third-order valence-electron chi connectivity index (χ3n) is 3.13. The van der Waals surface area contributed by atoms with Crippen LogP contribution in [0.4, 0.5) is 0 Å². The van der Waals surface area contributed by atoms with Crippen molar-refractivity contribution < 1.29 is 10.2 Å². The standard InChI is InChI=1S/C11H11NOS.C7H6OS/c1-11(2,7-12)9-6-4-3-5-8(9)10(13)14;8-7(9)6-4-2-1-3-5-6/h3-6H,1-2H3,(H,13,14);1-5H,(H,8,9). The Morgan fingerprint density at radius 2 is 1.43 bits per heavy atom. The summed E-state index contributed by atoms with van der Waals surface area (Å²) in [6.45, 7) is 3.59. The molecule has 0 unspecified atom stereocenters. The highest BCUT2D eigenvalue weighted by Crippen LogP contribution is 2.25. The van der Waals surface area contributed by atoms with Crippen LogP contribution in [0, 0.1) is 11.3 Å². The fourth-order valence-corrected chi connectivity index (χ4v) is 2.17. The lowest BCUT2D eigenvalue weighted by molar-refractivity contribution is 0.567. The molecule has 5 heteroatoms. The summed E-state index contributed by atoms with van der Waals surface area (Å²) in [4.78, 5) is 0. The van der Waals surface area contributed by atoms with Crippen molar-refractivity contribution in [2.24, 2.45) is 0 Å². The predicted octanol–water partition coefficient (Wildman–Crippen LogP) is 4.64. The summed E-state index contributed by atoms with van der Waals surface area (Å²) in [5, 5.41) is 26.8. The summed E-state index contributed by atoms with van der Waals surface area (Å²) in [6.07, 6.45) is 0. The summed E-state index contributed by atoms with van der Waals surface area (Å²) in [5.74, 6) is 0. The smallest absolute Gasteiger partial charge is 0.188 e. The molecule has 2 rings (SSSR count). The molecule has 2 aromatic rings. The van der Waals surface area contributed by atoms with Crippen molar-refractivity contribution in [1.29, 1.82) is 5.26 Å². The average Bonchev–Trinajstić information content (AvgIpc) is 2.56. The second-order valence-corrected chi connectivity index (χ2v) is 6.03. The normalized spacial score (nSPS) is 9.96. The molecule has 0 saturated carbocycles. The lowest BCUT2D eigenvalue weighted by Gasteiger charge is -2.18. The monoisotopic (exact) mass is 343 g/mol. The van der Waals surface area contributed by atoms with Gasteiger partial charge < -0.3 is 10.2 Å². The zero-order valence-electron chi connectivity index (χ0n) is 12.9. The molecular weight excluding hydrogens is 326 g/mol. The Morgan fingerprint density at radius 1 is 0.913 bits per heavy atom. The van der Waals surface area contributed by atoms with E-state index in [1.165, 1.54) is 0 Å². The minimum Gasteiger partial charge on any atom is -0.499 e. The fraction of sp³-hybridized carbons (Fsp3) is 0.167. The second-order valence-electron chi connectivity index (χ2n) is 5.26. The largest absolute Gasteiger partial charge is 0.499 e. The van der Waals surface area contributed by atoms with Crippen LogP contribution in [0.3, 0.4) is 0 Å². The zero-order valence-corrected chi connectivity index (χ0v) is 14.5. The topological polar surface area (TPSA) is 64.2 Å². The first-order valence-corrected chi connectivity index (χ1v) is 7.63. The lowest BCUT2D eigenvalue weighted by Crippen LogP contribution is -2.18. The molecule has 2 N–H and O–H groups in total. The molecule has 23 heavy (non-hydrogen) atoms. The molecule has 0 spiro atoms. The Hall–Kier alpha value is -2.29. The van der Waals surface area contributed by atoms with Gasteiger partial charge in [0.25, 0.3) is 0 Å². The van der Waals surface area contributed by atoms with E-state index in [2.05, 4.69) is 18.3 Å². The maximum absolute atomic E-state index is 9.29. The molecule has 0 aliphatic rings. The van der Waals surface area contributed by atoms with Crippen molar-refractivity contribution >= 4 is 34.5 Å². The number of nitriles is 1. The number of benzene rings is 2. The molecule has 0 fully saturated rings. The molecule has 0 atom stereocenters. The number of hydrogen-bond acceptors (Lipinski definition) is 3. The van der Waals surface area contributed by atoms with E-state index in [9.17, 15) is 5.11 Å². The summed E-state index contributed by atoms with van der Waals surface area (Å²) < 4.78 is 0. The van der Waals surface area contributed by atoms with Gasteiger partial charge in [0.05, 0.1) is 11.5 Å². The highest BCUT2D eigenvalue weighted by atomic mass is 32.1. The number of aliphatic hydroxyl groups is 2. The van der Waals surface area contributed by atoms with Crippen LogP contribution in [0.1, 0.15) is 30.5 Å². The van der Waals surface area contributed by atoms with Crippen molar-refractivity contribution in [1.82, 2.24) is 0 Å². The number of rotatable bonds is 3. The number of thiocarbonyl (C=S) groups is 2. The van der Waals surface area contributed by atoms with Crippen LogP contribution in [-0.4, -0.2) is 20.3 Å². The van der Waals surface area contributed by atoms with E-state index in [1.54, 1.807) is 44.2 Å². The van der Waals surface area contributed by atoms with Gasteiger partial charge in [-0.1, -0.05) is 54.6 Å². The maximum Gasteiger partial charge on any atom is 0.188 e. The van der Waals surface area contributed by atoms with Gasteiger partial charge >= 0.3 is 0 Å². The molecule has 0 bridgehead atoms. The van der Waals surface area contributed by atoms with E-state index >= 15 is 0 Å². The molecular formula is C18H17NO2S2. The quantitative estimate of drug-likeness (QED) is 0.795. The van der Waals surface area contributed by atoms with Crippen LogP contribution in [0.25, 0.3) is 0 Å². The zero-order chi connectivity index (χ0) is 17.5. The van der Waals surface area contributed by atoms with Gasteiger partial charge in [0, 0.05) is 11.1 Å². The van der Waals surface area contributed by atoms with Gasteiger partial charge in [0.15, 0.2) is 10.1 Å². The van der Waals surface area contributed by atoms with Crippen LogP contribution < -0.4 is 0 Å². The van der Waals surface area contributed by atoms with E-state index in [0.717, 1.165) is 5.56 Å². The molecule has 0 saturated heterocycles. The van der Waals surface area contributed by atoms with Crippen LogP contribution in [0.2, 0.25) is 0 Å². The van der Waals surface area contributed by atoms with E-state index in [1.807, 2.05) is 24.3 Å². The first kappa shape index (κ1) is 18.8.